The second kappa shape index (κ2) is 7.51. The van der Waals surface area contributed by atoms with E-state index in [2.05, 4.69) is 25.6 Å². The first kappa shape index (κ1) is 20.9. The Hall–Kier alpha value is -0.870. The molecule has 4 rings (SSSR count). The van der Waals surface area contributed by atoms with Crippen molar-refractivity contribution in [1.82, 2.24) is 0 Å². The van der Waals surface area contributed by atoms with Gasteiger partial charge in [-0.2, -0.15) is 0 Å². The van der Waals surface area contributed by atoms with Crippen molar-refractivity contribution < 1.29 is 9.63 Å². The van der Waals surface area contributed by atoms with Crippen molar-refractivity contribution >= 4 is 23.9 Å². The van der Waals surface area contributed by atoms with E-state index in [-0.39, 0.29) is 17.8 Å². The van der Waals surface area contributed by atoms with Gasteiger partial charge in [0.2, 0.25) is 0 Å². The first-order valence-electron chi connectivity index (χ1n) is 10.5. The van der Waals surface area contributed by atoms with Gasteiger partial charge in [-0.1, -0.05) is 31.2 Å². The highest BCUT2D eigenvalue weighted by Crippen LogP contribution is 2.66. The maximum atomic E-state index is 12.6. The number of nitrogens with zero attached hydrogens (tertiary/aromatic N) is 1. The Morgan fingerprint density at radius 1 is 1.19 bits per heavy atom. The van der Waals surface area contributed by atoms with Gasteiger partial charge in [0.05, 0.1) is 5.71 Å². The van der Waals surface area contributed by atoms with Crippen molar-refractivity contribution in [1.29, 1.82) is 0 Å². The number of oxime groups is 1. The SMILES string of the molecule is C=C1CC2CC(=NOCCN)CC[C@]2(C)[C@H]2CC[C@]3(C)C(=O)CC[C@H]3[C@H]12.Cl. The van der Waals surface area contributed by atoms with Crippen LogP contribution in [-0.2, 0) is 9.63 Å². The summed E-state index contributed by atoms with van der Waals surface area (Å²) in [4.78, 5) is 17.9. The van der Waals surface area contributed by atoms with E-state index in [4.69, 9.17) is 10.6 Å². The molecule has 0 spiro atoms. The van der Waals surface area contributed by atoms with Gasteiger partial charge in [0, 0.05) is 18.4 Å². The highest BCUT2D eigenvalue weighted by Gasteiger charge is 2.61. The zero-order valence-corrected chi connectivity index (χ0v) is 17.7. The Bertz CT molecular complexity index is 648. The molecule has 4 fully saturated rings. The number of halogens is 1. The van der Waals surface area contributed by atoms with E-state index in [1.54, 1.807) is 0 Å². The van der Waals surface area contributed by atoms with Crippen LogP contribution in [0, 0.1) is 34.5 Å². The van der Waals surface area contributed by atoms with Crippen LogP contribution in [0.1, 0.15) is 65.2 Å². The first-order chi connectivity index (χ1) is 12.4. The van der Waals surface area contributed by atoms with Crippen molar-refractivity contribution in [2.45, 2.75) is 65.2 Å². The van der Waals surface area contributed by atoms with Crippen molar-refractivity contribution in [3.8, 4) is 0 Å². The monoisotopic (exact) mass is 394 g/mol. The molecule has 5 heteroatoms. The molecule has 0 heterocycles. The predicted molar refractivity (Wildman–Crippen MR) is 111 cm³/mol. The number of hydrogen-bond acceptors (Lipinski definition) is 4. The van der Waals surface area contributed by atoms with E-state index in [9.17, 15) is 4.79 Å². The molecule has 1 unspecified atom stereocenters. The third-order valence-electron chi connectivity index (χ3n) is 8.58. The number of hydrogen-bond donors (Lipinski definition) is 1. The number of rotatable bonds is 3. The van der Waals surface area contributed by atoms with Crippen molar-refractivity contribution in [3.05, 3.63) is 12.2 Å². The van der Waals surface area contributed by atoms with Gasteiger partial charge in [-0.15, -0.1) is 12.4 Å². The summed E-state index contributed by atoms with van der Waals surface area (Å²) in [6.45, 7) is 10.3. The van der Waals surface area contributed by atoms with Crippen molar-refractivity contribution in [2.75, 3.05) is 13.2 Å². The fourth-order valence-corrected chi connectivity index (χ4v) is 6.98. The van der Waals surface area contributed by atoms with E-state index < -0.39 is 0 Å². The molecule has 0 aliphatic heterocycles. The van der Waals surface area contributed by atoms with Crippen LogP contribution < -0.4 is 5.73 Å². The fourth-order valence-electron chi connectivity index (χ4n) is 6.98. The van der Waals surface area contributed by atoms with Crippen molar-refractivity contribution in [3.63, 3.8) is 0 Å². The summed E-state index contributed by atoms with van der Waals surface area (Å²) in [5, 5.41) is 4.36. The van der Waals surface area contributed by atoms with Gasteiger partial charge in [-0.05, 0) is 74.0 Å². The Balaban J connectivity index is 0.00000210. The lowest BCUT2D eigenvalue weighted by Gasteiger charge is -2.60. The van der Waals surface area contributed by atoms with Gasteiger partial charge in [-0.25, -0.2) is 0 Å². The summed E-state index contributed by atoms with van der Waals surface area (Å²) < 4.78 is 0. The molecule has 0 aromatic heterocycles. The molecule has 27 heavy (non-hydrogen) atoms. The van der Waals surface area contributed by atoms with Gasteiger partial charge in [-0.3, -0.25) is 4.79 Å². The highest BCUT2D eigenvalue weighted by molar-refractivity contribution is 5.87. The van der Waals surface area contributed by atoms with Crippen LogP contribution in [0.5, 0.6) is 0 Å². The molecule has 152 valence electrons. The van der Waals surface area contributed by atoms with Crippen LogP contribution in [-0.4, -0.2) is 24.6 Å². The maximum absolute atomic E-state index is 12.6. The van der Waals surface area contributed by atoms with Gasteiger partial charge >= 0.3 is 0 Å². The molecule has 4 saturated carbocycles. The molecule has 0 saturated heterocycles. The van der Waals surface area contributed by atoms with E-state index in [0.717, 1.165) is 38.5 Å². The molecule has 0 amide bonds. The molecule has 0 aromatic rings. The first-order valence-corrected chi connectivity index (χ1v) is 10.5. The fraction of sp³-hybridized carbons (Fsp3) is 0.818. The molecule has 6 atom stereocenters. The van der Waals surface area contributed by atoms with Gasteiger partial charge in [0.15, 0.2) is 0 Å². The summed E-state index contributed by atoms with van der Waals surface area (Å²) in [6.07, 6.45) is 8.48. The van der Waals surface area contributed by atoms with E-state index in [1.165, 1.54) is 24.1 Å². The maximum Gasteiger partial charge on any atom is 0.139 e. The molecule has 4 nitrogen and oxygen atoms in total. The Morgan fingerprint density at radius 2 is 1.96 bits per heavy atom. The number of carbonyl (C=O) groups excluding carboxylic acids is 1. The molecular formula is C22H35ClN2O2. The third kappa shape index (κ3) is 3.17. The predicted octanol–water partition coefficient (Wildman–Crippen LogP) is 4.52. The van der Waals surface area contributed by atoms with E-state index in [1.807, 2.05) is 0 Å². The normalized spacial score (nSPS) is 44.9. The molecule has 0 bridgehead atoms. The number of Topliss-reactive ketones (excluding diaryl/α,β-unsaturated/α-hetero) is 1. The standard InChI is InChI=1S/C22H34N2O2.ClH/c1-14-12-15-13-16(24-26-11-10-23)6-8-21(15,2)18-7-9-22(3)17(20(14)18)4-5-19(22)25;/h15,17-18,20H,1,4-13,23H2,2-3H3;1H/t15?,17-,18-,20-,21-,22-;/m0./s1. The minimum absolute atomic E-state index is 0. The summed E-state index contributed by atoms with van der Waals surface area (Å²) in [5.74, 6) is 2.89. The van der Waals surface area contributed by atoms with Gasteiger partial charge in [0.1, 0.15) is 12.4 Å². The molecule has 4 aliphatic carbocycles. The quantitative estimate of drug-likeness (QED) is 0.435. The number of fused-ring (bicyclic) bond motifs is 5. The minimum atomic E-state index is -0.0787. The number of ketones is 1. The zero-order valence-electron chi connectivity index (χ0n) is 16.8. The average molecular weight is 395 g/mol. The van der Waals surface area contributed by atoms with E-state index in [0.29, 0.717) is 48.0 Å². The largest absolute Gasteiger partial charge is 0.395 e. The van der Waals surface area contributed by atoms with Crippen LogP contribution >= 0.6 is 12.4 Å². The lowest BCUT2D eigenvalue weighted by Crippen LogP contribution is -2.54. The molecule has 0 aromatic carbocycles. The molecule has 2 N–H and O–H groups in total. The Morgan fingerprint density at radius 3 is 2.70 bits per heavy atom. The smallest absolute Gasteiger partial charge is 0.139 e. The topological polar surface area (TPSA) is 64.7 Å². The van der Waals surface area contributed by atoms with Crippen LogP contribution in [0.15, 0.2) is 17.3 Å². The minimum Gasteiger partial charge on any atom is -0.395 e. The van der Waals surface area contributed by atoms with Crippen molar-refractivity contribution in [2.24, 2.45) is 45.4 Å². The number of carbonyl (C=O) groups is 1. The second-order valence-corrected chi connectivity index (χ2v) is 9.71. The third-order valence-corrected chi connectivity index (χ3v) is 8.58. The van der Waals surface area contributed by atoms with Gasteiger partial charge in [0.25, 0.3) is 0 Å². The van der Waals surface area contributed by atoms with Crippen LogP contribution in [0.25, 0.3) is 0 Å². The van der Waals surface area contributed by atoms with Crippen LogP contribution in [0.2, 0.25) is 0 Å². The molecular weight excluding hydrogens is 360 g/mol. The zero-order chi connectivity index (χ0) is 18.5. The number of allylic oxidation sites excluding steroid dienone is 1. The molecule has 4 aliphatic rings. The lowest BCUT2D eigenvalue weighted by molar-refractivity contribution is -0.133. The average Bonchev–Trinajstić information content (AvgIpc) is 2.92. The summed E-state index contributed by atoms with van der Waals surface area (Å²) in [6, 6.07) is 0. The van der Waals surface area contributed by atoms with Crippen LogP contribution in [0.3, 0.4) is 0 Å². The van der Waals surface area contributed by atoms with E-state index >= 15 is 0 Å². The Labute approximate surface area is 169 Å². The Kier molecular flexibility index (Phi) is 5.80. The summed E-state index contributed by atoms with van der Waals surface area (Å²) in [5.41, 5.74) is 8.38. The summed E-state index contributed by atoms with van der Waals surface area (Å²) >= 11 is 0. The highest BCUT2D eigenvalue weighted by atomic mass is 35.5. The second-order valence-electron chi connectivity index (χ2n) is 9.71. The molecule has 0 radical (unpaired) electrons. The van der Waals surface area contributed by atoms with Gasteiger partial charge < -0.3 is 10.6 Å². The number of nitrogens with two attached hydrogens (primary N) is 1. The summed E-state index contributed by atoms with van der Waals surface area (Å²) in [7, 11) is 0. The lowest BCUT2D eigenvalue weighted by atomic mass is 9.44. The van der Waals surface area contributed by atoms with Crippen LogP contribution in [0.4, 0.5) is 0 Å².